The van der Waals surface area contributed by atoms with Gasteiger partial charge in [-0.05, 0) is 17.7 Å². The minimum absolute atomic E-state index is 0.342. The van der Waals surface area contributed by atoms with Crippen molar-refractivity contribution in [3.63, 3.8) is 0 Å². The summed E-state index contributed by atoms with van der Waals surface area (Å²) in [6.07, 6.45) is 3.93. The highest BCUT2D eigenvalue weighted by Crippen LogP contribution is 2.21. The third-order valence-corrected chi connectivity index (χ3v) is 2.85. The van der Waals surface area contributed by atoms with E-state index >= 15 is 0 Å². The predicted molar refractivity (Wildman–Crippen MR) is 65.9 cm³/mol. The highest BCUT2D eigenvalue weighted by molar-refractivity contribution is 5.32. The molecule has 2 rings (SSSR count). The van der Waals surface area contributed by atoms with Crippen molar-refractivity contribution in [3.05, 3.63) is 58.6 Å². The van der Waals surface area contributed by atoms with Crippen molar-refractivity contribution in [3.8, 4) is 6.07 Å². The van der Waals surface area contributed by atoms with Crippen LogP contribution in [-0.2, 0) is 13.5 Å². The van der Waals surface area contributed by atoms with Gasteiger partial charge in [0.05, 0.1) is 30.6 Å². The Morgan fingerprint density at radius 1 is 1.39 bits per heavy atom. The molecule has 0 spiro atoms. The van der Waals surface area contributed by atoms with Gasteiger partial charge in [-0.1, -0.05) is 12.1 Å². The van der Waals surface area contributed by atoms with Gasteiger partial charge in [0, 0.05) is 7.05 Å². The Morgan fingerprint density at radius 2 is 2.11 bits per heavy atom. The molecule has 0 radical (unpaired) electrons. The minimum atomic E-state index is -0.342. The molecule has 1 aromatic heterocycles. The fraction of sp³-hybridized carbons (Fsp3) is 0.231. The zero-order valence-corrected chi connectivity index (χ0v) is 9.98. The SMILES string of the molecule is Cn1cncc1C(Cc1ccc(C#N)cc1)[N+]#N. The lowest BCUT2D eigenvalue weighted by Crippen LogP contribution is -2.03. The van der Waals surface area contributed by atoms with E-state index in [1.165, 1.54) is 0 Å². The smallest absolute Gasteiger partial charge is 0.331 e. The van der Waals surface area contributed by atoms with E-state index in [4.69, 9.17) is 10.7 Å². The van der Waals surface area contributed by atoms with Gasteiger partial charge in [-0.15, -0.1) is 0 Å². The summed E-state index contributed by atoms with van der Waals surface area (Å²) in [5.74, 6) is 0. The summed E-state index contributed by atoms with van der Waals surface area (Å²) < 4.78 is 1.83. The molecule has 0 bridgehead atoms. The van der Waals surface area contributed by atoms with E-state index in [2.05, 4.69) is 16.0 Å². The fourth-order valence-electron chi connectivity index (χ4n) is 1.83. The average molecular weight is 238 g/mol. The molecule has 0 amide bonds. The second-order valence-electron chi connectivity index (χ2n) is 4.07. The Bertz CT molecular complexity index is 612. The Balaban J connectivity index is 2.19. The van der Waals surface area contributed by atoms with Crippen LogP contribution in [0.3, 0.4) is 0 Å². The molecule has 5 heteroatoms. The molecule has 0 aliphatic heterocycles. The van der Waals surface area contributed by atoms with Crippen LogP contribution in [0.15, 0.2) is 36.8 Å². The lowest BCUT2D eigenvalue weighted by atomic mass is 10.0. The molecule has 0 N–H and O–H groups in total. The van der Waals surface area contributed by atoms with Crippen LogP contribution in [0.2, 0.25) is 0 Å². The van der Waals surface area contributed by atoms with E-state index in [9.17, 15) is 0 Å². The van der Waals surface area contributed by atoms with Crippen molar-refractivity contribution in [1.82, 2.24) is 9.55 Å². The second kappa shape index (κ2) is 5.11. The molecule has 0 saturated heterocycles. The van der Waals surface area contributed by atoms with Crippen LogP contribution in [0, 0.1) is 16.7 Å². The average Bonchev–Trinajstić information content (AvgIpc) is 2.83. The first-order valence-electron chi connectivity index (χ1n) is 5.54. The van der Waals surface area contributed by atoms with E-state index in [1.807, 2.05) is 23.7 Å². The third kappa shape index (κ3) is 2.36. The monoisotopic (exact) mass is 238 g/mol. The number of benzene rings is 1. The van der Waals surface area contributed by atoms with E-state index in [0.717, 1.165) is 11.3 Å². The molecular weight excluding hydrogens is 226 g/mol. The first-order valence-corrected chi connectivity index (χ1v) is 5.54. The lowest BCUT2D eigenvalue weighted by molar-refractivity contribution is 0.720. The largest absolute Gasteiger partial charge is 0.359 e. The maximum Gasteiger partial charge on any atom is 0.359 e. The molecule has 1 atom stereocenters. The summed E-state index contributed by atoms with van der Waals surface area (Å²) in [5.41, 5.74) is 2.48. The van der Waals surface area contributed by atoms with Crippen molar-refractivity contribution in [2.24, 2.45) is 7.05 Å². The number of aromatic nitrogens is 2. The first kappa shape index (κ1) is 11.8. The van der Waals surface area contributed by atoms with Crippen LogP contribution in [0.5, 0.6) is 0 Å². The maximum absolute atomic E-state index is 9.12. The van der Waals surface area contributed by atoms with Gasteiger partial charge in [0.15, 0.2) is 0 Å². The van der Waals surface area contributed by atoms with Crippen LogP contribution >= 0.6 is 0 Å². The Morgan fingerprint density at radius 3 is 2.61 bits per heavy atom. The van der Waals surface area contributed by atoms with Crippen molar-refractivity contribution >= 4 is 0 Å². The molecule has 1 unspecified atom stereocenters. The zero-order chi connectivity index (χ0) is 13.0. The molecule has 0 aliphatic rings. The normalized spacial score (nSPS) is 11.5. The molecule has 0 saturated carbocycles. The van der Waals surface area contributed by atoms with E-state index in [0.29, 0.717) is 12.0 Å². The van der Waals surface area contributed by atoms with Crippen molar-refractivity contribution < 1.29 is 0 Å². The van der Waals surface area contributed by atoms with E-state index in [1.54, 1.807) is 24.7 Å². The van der Waals surface area contributed by atoms with Gasteiger partial charge < -0.3 is 4.57 Å². The highest BCUT2D eigenvalue weighted by Gasteiger charge is 2.26. The molecule has 0 fully saturated rings. The van der Waals surface area contributed by atoms with Crippen molar-refractivity contribution in [2.75, 3.05) is 0 Å². The first-order chi connectivity index (χ1) is 8.74. The van der Waals surface area contributed by atoms with E-state index < -0.39 is 0 Å². The quantitative estimate of drug-likeness (QED) is 0.771. The number of nitriles is 1. The summed E-state index contributed by atoms with van der Waals surface area (Å²) in [5, 5.41) is 17.8. The Hall–Kier alpha value is -2.66. The Labute approximate surface area is 105 Å². The predicted octanol–water partition coefficient (Wildman–Crippen LogP) is 2.43. The number of imidazole rings is 1. The summed E-state index contributed by atoms with van der Waals surface area (Å²) in [6, 6.07) is 8.98. The van der Waals surface area contributed by atoms with Gasteiger partial charge in [-0.2, -0.15) is 5.26 Å². The molecule has 1 heterocycles. The summed E-state index contributed by atoms with van der Waals surface area (Å²) in [4.78, 5) is 7.41. The van der Waals surface area contributed by atoms with Gasteiger partial charge in [0.2, 0.25) is 5.39 Å². The molecule has 88 valence electrons. The summed E-state index contributed by atoms with van der Waals surface area (Å²) in [7, 11) is 1.86. The van der Waals surface area contributed by atoms with Crippen LogP contribution in [-0.4, -0.2) is 9.55 Å². The summed E-state index contributed by atoms with van der Waals surface area (Å²) in [6.45, 7) is 0. The number of hydrogen-bond donors (Lipinski definition) is 0. The topological polar surface area (TPSA) is 69.8 Å². The molecule has 18 heavy (non-hydrogen) atoms. The molecule has 0 aliphatic carbocycles. The summed E-state index contributed by atoms with van der Waals surface area (Å²) >= 11 is 0. The number of aryl methyl sites for hydroxylation is 1. The lowest BCUT2D eigenvalue weighted by Gasteiger charge is -2.01. The van der Waals surface area contributed by atoms with Gasteiger partial charge in [0.1, 0.15) is 10.7 Å². The van der Waals surface area contributed by atoms with Crippen LogP contribution in [0.1, 0.15) is 22.9 Å². The molecule has 5 nitrogen and oxygen atoms in total. The standard InChI is InChI=1S/C13H12N5/c1-18-9-16-8-13(18)12(17-15)6-10-2-4-11(7-14)5-3-10/h2-5,8-9,12H,6H2,1H3/q+1. The fourth-order valence-corrected chi connectivity index (χ4v) is 1.83. The number of hydrogen-bond acceptors (Lipinski definition) is 3. The minimum Gasteiger partial charge on any atom is -0.331 e. The van der Waals surface area contributed by atoms with Crippen LogP contribution < -0.4 is 0 Å². The van der Waals surface area contributed by atoms with Crippen LogP contribution in [0.4, 0.5) is 0 Å². The van der Waals surface area contributed by atoms with Gasteiger partial charge in [0.25, 0.3) is 0 Å². The molecular formula is C13H12N5+. The van der Waals surface area contributed by atoms with Crippen molar-refractivity contribution in [2.45, 2.75) is 12.5 Å². The number of rotatable bonds is 3. The van der Waals surface area contributed by atoms with E-state index in [-0.39, 0.29) is 6.04 Å². The molecule has 1 aromatic carbocycles. The maximum atomic E-state index is 9.12. The Kier molecular flexibility index (Phi) is 3.36. The molecule has 2 aromatic rings. The van der Waals surface area contributed by atoms with Crippen molar-refractivity contribution in [1.29, 1.82) is 10.7 Å². The zero-order valence-electron chi connectivity index (χ0n) is 9.98. The van der Waals surface area contributed by atoms with Gasteiger partial charge in [-0.25, -0.2) is 4.98 Å². The van der Waals surface area contributed by atoms with Crippen LogP contribution in [0.25, 0.3) is 4.98 Å². The van der Waals surface area contributed by atoms with Gasteiger partial charge >= 0.3 is 6.04 Å². The number of nitrogens with zero attached hydrogens (tertiary/aromatic N) is 5. The van der Waals surface area contributed by atoms with Gasteiger partial charge in [-0.3, -0.25) is 0 Å². The second-order valence-corrected chi connectivity index (χ2v) is 4.07. The third-order valence-electron chi connectivity index (χ3n) is 2.85. The number of diazo groups is 1. The highest BCUT2D eigenvalue weighted by atomic mass is 15.1.